The summed E-state index contributed by atoms with van der Waals surface area (Å²) in [5.74, 6) is 1.20. The smallest absolute Gasteiger partial charge is 0.254 e. The lowest BCUT2D eigenvalue weighted by molar-refractivity contribution is 0.562. The van der Waals surface area contributed by atoms with Crippen LogP contribution in [0.2, 0.25) is 0 Å². The normalized spacial score (nSPS) is 10.6. The molecule has 1 aromatic carbocycles. The summed E-state index contributed by atoms with van der Waals surface area (Å²) in [4.78, 5) is 20.7. The Labute approximate surface area is 182 Å². The van der Waals surface area contributed by atoms with Gasteiger partial charge in [0.1, 0.15) is 22.6 Å². The summed E-state index contributed by atoms with van der Waals surface area (Å²) < 4.78 is 5.53. The molecule has 0 fully saturated rings. The fourth-order valence-electron chi connectivity index (χ4n) is 2.76. The molecule has 0 atom stereocenters. The van der Waals surface area contributed by atoms with Crippen molar-refractivity contribution in [3.05, 3.63) is 78.6 Å². The molecular weight excluding hydrogens is 412 g/mol. The molecule has 3 aromatic heterocycles. The van der Waals surface area contributed by atoms with Crippen molar-refractivity contribution in [2.24, 2.45) is 0 Å². The lowest BCUT2D eigenvalue weighted by atomic mass is 10.1. The Balaban J connectivity index is 1.28. The lowest BCUT2D eigenvalue weighted by Crippen LogP contribution is -2.08. The van der Waals surface area contributed by atoms with E-state index in [-0.39, 0.29) is 10.3 Å². The van der Waals surface area contributed by atoms with Crippen LogP contribution in [0.5, 0.6) is 5.75 Å². The van der Waals surface area contributed by atoms with Gasteiger partial charge in [0, 0.05) is 36.9 Å². The number of aromatic nitrogens is 5. The summed E-state index contributed by atoms with van der Waals surface area (Å²) in [6.07, 6.45) is 8.68. The van der Waals surface area contributed by atoms with E-state index in [1.807, 2.05) is 24.3 Å². The Morgan fingerprint density at radius 1 is 0.903 bits per heavy atom. The Morgan fingerprint density at radius 2 is 1.68 bits per heavy atom. The Hall–Kier alpha value is -3.92. The summed E-state index contributed by atoms with van der Waals surface area (Å²) >= 11 is 0.948. The molecule has 154 valence electrons. The first-order chi connectivity index (χ1) is 15.2. The van der Waals surface area contributed by atoms with E-state index in [0.29, 0.717) is 34.8 Å². The first kappa shape index (κ1) is 20.4. The molecule has 0 radical (unpaired) electrons. The molecule has 0 amide bonds. The number of fused-ring (bicyclic) bond motifs is 1. The molecule has 0 spiro atoms. The van der Waals surface area contributed by atoms with Crippen LogP contribution in [0.3, 0.4) is 0 Å². The first-order valence-corrected chi connectivity index (χ1v) is 10.2. The molecule has 9 nitrogen and oxygen atoms in total. The van der Waals surface area contributed by atoms with Gasteiger partial charge in [0.2, 0.25) is 0 Å². The van der Waals surface area contributed by atoms with Gasteiger partial charge in [-0.25, -0.2) is 19.9 Å². The molecule has 0 bridgehead atoms. The van der Waals surface area contributed by atoms with Crippen molar-refractivity contribution in [1.29, 1.82) is 10.8 Å². The summed E-state index contributed by atoms with van der Waals surface area (Å²) in [6, 6.07) is 11.0. The maximum atomic E-state index is 8.05. The minimum atomic E-state index is -0.0621. The van der Waals surface area contributed by atoms with E-state index in [9.17, 15) is 0 Å². The van der Waals surface area contributed by atoms with Crippen molar-refractivity contribution in [2.45, 2.75) is 6.42 Å². The highest BCUT2D eigenvalue weighted by molar-refractivity contribution is 8.26. The minimum absolute atomic E-state index is 0.0621. The van der Waals surface area contributed by atoms with Crippen LogP contribution >= 0.6 is 11.8 Å². The number of rotatable bonds is 6. The van der Waals surface area contributed by atoms with Crippen molar-refractivity contribution in [1.82, 2.24) is 24.9 Å². The number of hydrogen-bond donors (Lipinski definition) is 3. The predicted octanol–water partition coefficient (Wildman–Crippen LogP) is 3.54. The van der Waals surface area contributed by atoms with E-state index in [0.717, 1.165) is 23.7 Å². The number of ether oxygens (including phenoxy) is 1. The van der Waals surface area contributed by atoms with Gasteiger partial charge < -0.3 is 10.1 Å². The largest absolute Gasteiger partial charge is 0.434 e. The van der Waals surface area contributed by atoms with Gasteiger partial charge in [0.25, 0.3) is 5.23 Å². The van der Waals surface area contributed by atoms with Crippen LogP contribution in [0.15, 0.2) is 67.5 Å². The third-order valence-corrected chi connectivity index (χ3v) is 4.96. The van der Waals surface area contributed by atoms with E-state index in [2.05, 4.69) is 30.2 Å². The van der Waals surface area contributed by atoms with Crippen molar-refractivity contribution in [2.75, 3.05) is 11.9 Å². The van der Waals surface area contributed by atoms with Gasteiger partial charge >= 0.3 is 0 Å². The molecule has 4 aromatic rings. The molecule has 0 aliphatic rings. The maximum Gasteiger partial charge on any atom is 0.254 e. The van der Waals surface area contributed by atoms with Crippen LogP contribution in [0, 0.1) is 10.8 Å². The van der Waals surface area contributed by atoms with E-state index in [4.69, 9.17) is 15.6 Å². The van der Waals surface area contributed by atoms with Gasteiger partial charge in [0.05, 0.1) is 0 Å². The third-order valence-electron chi connectivity index (χ3n) is 4.25. The average molecular weight is 430 g/mol. The predicted molar refractivity (Wildman–Crippen MR) is 121 cm³/mol. The molecule has 31 heavy (non-hydrogen) atoms. The second kappa shape index (κ2) is 9.72. The molecular formula is C21H18N8OS. The SMILES string of the molecule is N=C(Oc1ccc(CCNc2ncnc3nccnc23)cc1)SC(=N)c1ccncc1. The molecule has 4 rings (SSSR count). The molecule has 10 heteroatoms. The zero-order valence-electron chi connectivity index (χ0n) is 16.3. The highest BCUT2D eigenvalue weighted by Crippen LogP contribution is 2.19. The number of nitrogens with zero attached hydrogens (tertiary/aromatic N) is 5. The standard InChI is InChI=1S/C21H18N8OS/c22-18(15-6-8-24-9-7-15)31-21(23)30-16-3-1-14(2-4-16)5-10-26-19-17-20(29-13-28-19)27-12-11-25-17/h1-4,6-9,11-13,22-23H,5,10H2,(H,26,27,28,29). The fraction of sp³-hybridized carbons (Fsp3) is 0.0952. The van der Waals surface area contributed by atoms with Gasteiger partial charge in [-0.15, -0.1) is 0 Å². The van der Waals surface area contributed by atoms with Gasteiger partial charge in [-0.1, -0.05) is 12.1 Å². The van der Waals surface area contributed by atoms with Crippen LogP contribution in [0.1, 0.15) is 11.1 Å². The number of nitrogens with one attached hydrogen (secondary N) is 3. The number of pyridine rings is 1. The van der Waals surface area contributed by atoms with Crippen molar-refractivity contribution in [3.63, 3.8) is 0 Å². The van der Waals surface area contributed by atoms with Gasteiger partial charge in [-0.05, 0) is 48.0 Å². The monoisotopic (exact) mass is 430 g/mol. The molecule has 0 unspecified atom stereocenters. The number of hydrogen-bond acceptors (Lipinski definition) is 10. The van der Waals surface area contributed by atoms with Crippen LogP contribution in [-0.4, -0.2) is 41.7 Å². The molecule has 0 saturated heterocycles. The molecule has 3 heterocycles. The third kappa shape index (κ3) is 5.37. The second-order valence-corrected chi connectivity index (χ2v) is 7.31. The molecule has 0 aliphatic heterocycles. The second-order valence-electron chi connectivity index (χ2n) is 6.33. The van der Waals surface area contributed by atoms with Gasteiger partial charge in [0.15, 0.2) is 11.5 Å². The van der Waals surface area contributed by atoms with Crippen molar-refractivity contribution >= 4 is 39.0 Å². The highest BCUT2D eigenvalue weighted by atomic mass is 32.2. The van der Waals surface area contributed by atoms with Gasteiger partial charge in [-0.2, -0.15) is 0 Å². The molecule has 0 saturated carbocycles. The highest BCUT2D eigenvalue weighted by Gasteiger charge is 2.09. The van der Waals surface area contributed by atoms with E-state index in [1.54, 1.807) is 36.9 Å². The van der Waals surface area contributed by atoms with Crippen LogP contribution in [0.25, 0.3) is 11.2 Å². The first-order valence-electron chi connectivity index (χ1n) is 9.37. The number of benzene rings is 1. The van der Waals surface area contributed by atoms with E-state index in [1.165, 1.54) is 6.33 Å². The Kier molecular flexibility index (Phi) is 6.38. The Bertz CT molecular complexity index is 1200. The van der Waals surface area contributed by atoms with E-state index >= 15 is 0 Å². The zero-order chi connectivity index (χ0) is 21.5. The Morgan fingerprint density at radius 3 is 2.48 bits per heavy atom. The van der Waals surface area contributed by atoms with E-state index < -0.39 is 0 Å². The lowest BCUT2D eigenvalue weighted by Gasteiger charge is -2.09. The van der Waals surface area contributed by atoms with Crippen LogP contribution in [-0.2, 0) is 6.42 Å². The summed E-state index contributed by atoms with van der Waals surface area (Å²) in [5, 5.41) is 19.5. The summed E-state index contributed by atoms with van der Waals surface area (Å²) in [6.45, 7) is 0.664. The van der Waals surface area contributed by atoms with Crippen LogP contribution in [0.4, 0.5) is 5.82 Å². The topological polar surface area (TPSA) is 133 Å². The fourth-order valence-corrected chi connectivity index (χ4v) is 3.33. The average Bonchev–Trinajstić information content (AvgIpc) is 2.81. The number of anilines is 1. The quantitative estimate of drug-likeness (QED) is 0.312. The zero-order valence-corrected chi connectivity index (χ0v) is 17.1. The van der Waals surface area contributed by atoms with Crippen LogP contribution < -0.4 is 10.1 Å². The minimum Gasteiger partial charge on any atom is -0.434 e. The summed E-state index contributed by atoms with van der Waals surface area (Å²) in [7, 11) is 0. The van der Waals surface area contributed by atoms with Gasteiger partial charge in [-0.3, -0.25) is 15.8 Å². The number of thioether (sulfide) groups is 1. The summed E-state index contributed by atoms with van der Waals surface area (Å²) in [5.41, 5.74) is 2.99. The van der Waals surface area contributed by atoms with Crippen molar-refractivity contribution < 1.29 is 4.74 Å². The maximum absolute atomic E-state index is 8.05. The van der Waals surface area contributed by atoms with Crippen molar-refractivity contribution in [3.8, 4) is 5.75 Å². The molecule has 0 aliphatic carbocycles. The molecule has 3 N–H and O–H groups in total.